The van der Waals surface area contributed by atoms with E-state index >= 15 is 0 Å². The Bertz CT molecular complexity index is 1420. The third kappa shape index (κ3) is 4.50. The maximum atomic E-state index is 12.9. The molecule has 1 amide bonds. The normalized spacial score (nSPS) is 15.9. The number of pyridine rings is 1. The standard InChI is InChI=1S/C25H25FN8O2/c26-4-6-33-7-8-34-22(15-33)20(14-29-34)16-1-2-21-18(9-16)10-23(32-31-21)30-25(35)17-3-5-28-24(11-17)36-19-12-27-13-19/h1-3,5,9-11,14,19,27H,4,6-8,12-13,15H2,(H,30,32,35). The zero-order valence-electron chi connectivity index (χ0n) is 19.5. The molecule has 1 saturated heterocycles. The summed E-state index contributed by atoms with van der Waals surface area (Å²) in [4.78, 5) is 19.1. The van der Waals surface area contributed by atoms with E-state index < -0.39 is 0 Å². The van der Waals surface area contributed by atoms with Gasteiger partial charge in [0.25, 0.3) is 5.91 Å². The number of amides is 1. The second kappa shape index (κ2) is 9.59. The molecule has 3 aromatic heterocycles. The molecule has 5 heterocycles. The van der Waals surface area contributed by atoms with Crippen LogP contribution < -0.4 is 15.4 Å². The van der Waals surface area contributed by atoms with Gasteiger partial charge < -0.3 is 15.4 Å². The van der Waals surface area contributed by atoms with Crippen LogP contribution in [0.5, 0.6) is 5.88 Å². The number of nitrogens with zero attached hydrogens (tertiary/aromatic N) is 6. The van der Waals surface area contributed by atoms with E-state index in [1.807, 2.05) is 29.1 Å². The maximum Gasteiger partial charge on any atom is 0.257 e. The third-order valence-electron chi connectivity index (χ3n) is 6.52. The number of carbonyl (C=O) groups excluding carboxylic acids is 1. The van der Waals surface area contributed by atoms with Gasteiger partial charge in [-0.3, -0.25) is 14.4 Å². The minimum absolute atomic E-state index is 0.0739. The number of hydrogen-bond donors (Lipinski definition) is 2. The Balaban J connectivity index is 1.23. The first-order chi connectivity index (χ1) is 17.7. The minimum Gasteiger partial charge on any atom is -0.472 e. The molecule has 0 radical (unpaired) electrons. The van der Waals surface area contributed by atoms with Crippen LogP contribution in [0.4, 0.5) is 10.2 Å². The van der Waals surface area contributed by atoms with Gasteiger partial charge in [-0.25, -0.2) is 9.37 Å². The van der Waals surface area contributed by atoms with Crippen LogP contribution >= 0.6 is 0 Å². The van der Waals surface area contributed by atoms with Crippen molar-refractivity contribution < 1.29 is 13.9 Å². The van der Waals surface area contributed by atoms with Crippen LogP contribution in [-0.2, 0) is 13.1 Å². The Morgan fingerprint density at radius 2 is 2.08 bits per heavy atom. The molecule has 0 bridgehead atoms. The van der Waals surface area contributed by atoms with Crippen LogP contribution in [0.25, 0.3) is 22.0 Å². The Hall–Kier alpha value is -3.96. The number of carbonyl (C=O) groups is 1. The van der Waals surface area contributed by atoms with Crippen LogP contribution in [0.2, 0.25) is 0 Å². The van der Waals surface area contributed by atoms with Gasteiger partial charge in [0.1, 0.15) is 12.8 Å². The minimum atomic E-state index is -0.363. The lowest BCUT2D eigenvalue weighted by molar-refractivity contribution is 0.102. The predicted molar refractivity (Wildman–Crippen MR) is 131 cm³/mol. The average molecular weight is 489 g/mol. The van der Waals surface area contributed by atoms with E-state index in [1.165, 1.54) is 0 Å². The zero-order valence-corrected chi connectivity index (χ0v) is 19.5. The first-order valence-corrected chi connectivity index (χ1v) is 11.9. The summed E-state index contributed by atoms with van der Waals surface area (Å²) in [5.74, 6) is 0.439. The summed E-state index contributed by atoms with van der Waals surface area (Å²) in [7, 11) is 0. The zero-order chi connectivity index (χ0) is 24.5. The van der Waals surface area contributed by atoms with Crippen LogP contribution in [0, 0.1) is 0 Å². The van der Waals surface area contributed by atoms with Gasteiger partial charge in [-0.2, -0.15) is 5.10 Å². The van der Waals surface area contributed by atoms with Crippen LogP contribution in [-0.4, -0.2) is 74.7 Å². The molecule has 1 fully saturated rings. The van der Waals surface area contributed by atoms with Gasteiger partial charge in [-0.1, -0.05) is 6.07 Å². The number of aromatic nitrogens is 5. The Labute approximate surface area is 206 Å². The highest BCUT2D eigenvalue weighted by Crippen LogP contribution is 2.29. The van der Waals surface area contributed by atoms with Crippen molar-refractivity contribution >= 4 is 22.6 Å². The molecule has 0 unspecified atom stereocenters. The molecule has 4 aromatic rings. The summed E-state index contributed by atoms with van der Waals surface area (Å²) < 4.78 is 20.6. The van der Waals surface area contributed by atoms with Gasteiger partial charge >= 0.3 is 0 Å². The summed E-state index contributed by atoms with van der Waals surface area (Å²) >= 11 is 0. The van der Waals surface area contributed by atoms with Gasteiger partial charge in [0.2, 0.25) is 5.88 Å². The molecule has 36 heavy (non-hydrogen) atoms. The summed E-state index contributed by atoms with van der Waals surface area (Å²) in [5, 5.41) is 19.7. The van der Waals surface area contributed by atoms with Crippen molar-refractivity contribution in [1.82, 2.24) is 35.2 Å². The molecular weight excluding hydrogens is 463 g/mol. The number of rotatable bonds is 7. The highest BCUT2D eigenvalue weighted by Gasteiger charge is 2.22. The van der Waals surface area contributed by atoms with E-state index in [-0.39, 0.29) is 18.7 Å². The van der Waals surface area contributed by atoms with Gasteiger partial charge in [0.05, 0.1) is 24.0 Å². The number of halogens is 1. The van der Waals surface area contributed by atoms with E-state index in [1.54, 1.807) is 24.4 Å². The fraction of sp³-hybridized carbons (Fsp3) is 0.320. The Kier molecular flexibility index (Phi) is 5.99. The summed E-state index contributed by atoms with van der Waals surface area (Å²) in [5.41, 5.74) is 4.20. The molecule has 184 valence electrons. The monoisotopic (exact) mass is 488 g/mol. The second-order valence-corrected chi connectivity index (χ2v) is 8.93. The van der Waals surface area contributed by atoms with E-state index in [0.717, 1.165) is 48.4 Å². The number of benzene rings is 1. The molecule has 2 aliphatic rings. The molecule has 10 nitrogen and oxygen atoms in total. The van der Waals surface area contributed by atoms with Crippen LogP contribution in [0.3, 0.4) is 0 Å². The molecule has 0 saturated carbocycles. The summed E-state index contributed by atoms with van der Waals surface area (Å²) in [6, 6.07) is 10.9. The van der Waals surface area contributed by atoms with E-state index in [0.29, 0.717) is 35.9 Å². The topological polar surface area (TPSA) is 110 Å². The largest absolute Gasteiger partial charge is 0.472 e. The SMILES string of the molecule is O=C(Nc1cc2cc(-c3cnn4c3CN(CCF)CC4)ccc2nn1)c1ccnc(OC2CNC2)c1. The fourth-order valence-corrected chi connectivity index (χ4v) is 4.44. The number of anilines is 1. The third-order valence-corrected chi connectivity index (χ3v) is 6.52. The van der Waals surface area contributed by atoms with Gasteiger partial charge in [-0.05, 0) is 29.8 Å². The summed E-state index contributed by atoms with van der Waals surface area (Å²) in [6.45, 7) is 3.78. The summed E-state index contributed by atoms with van der Waals surface area (Å²) in [6.07, 6.45) is 3.48. The number of fused-ring (bicyclic) bond motifs is 2. The number of hydrogen-bond acceptors (Lipinski definition) is 8. The lowest BCUT2D eigenvalue weighted by atomic mass is 10.0. The number of alkyl halides is 1. The van der Waals surface area contributed by atoms with E-state index in [4.69, 9.17) is 4.74 Å². The Morgan fingerprint density at radius 1 is 1.17 bits per heavy atom. The first kappa shape index (κ1) is 22.5. The quantitative estimate of drug-likeness (QED) is 0.408. The van der Waals surface area contributed by atoms with Crippen molar-refractivity contribution in [3.8, 4) is 17.0 Å². The number of nitrogens with one attached hydrogen (secondary N) is 2. The second-order valence-electron chi connectivity index (χ2n) is 8.93. The molecule has 11 heteroatoms. The van der Waals surface area contributed by atoms with Gasteiger partial charge in [-0.15, -0.1) is 10.2 Å². The van der Waals surface area contributed by atoms with E-state index in [9.17, 15) is 9.18 Å². The van der Waals surface area contributed by atoms with Gasteiger partial charge in [0, 0.05) is 61.5 Å². The van der Waals surface area contributed by atoms with Crippen molar-refractivity contribution in [3.05, 3.63) is 60.0 Å². The maximum absolute atomic E-state index is 12.9. The molecule has 2 N–H and O–H groups in total. The fourth-order valence-electron chi connectivity index (χ4n) is 4.44. The molecule has 1 aromatic carbocycles. The number of ether oxygens (including phenoxy) is 1. The van der Waals surface area contributed by atoms with Crippen molar-refractivity contribution in [3.63, 3.8) is 0 Å². The van der Waals surface area contributed by atoms with Crippen LogP contribution in [0.1, 0.15) is 16.1 Å². The highest BCUT2D eigenvalue weighted by atomic mass is 19.1. The Morgan fingerprint density at radius 3 is 2.92 bits per heavy atom. The molecule has 0 atom stereocenters. The van der Waals surface area contributed by atoms with Gasteiger partial charge in [0.15, 0.2) is 5.82 Å². The van der Waals surface area contributed by atoms with E-state index in [2.05, 4.69) is 35.8 Å². The van der Waals surface area contributed by atoms with Crippen molar-refractivity contribution in [2.45, 2.75) is 19.2 Å². The molecular formula is C25H25FN8O2. The van der Waals surface area contributed by atoms with Crippen molar-refractivity contribution in [1.29, 1.82) is 0 Å². The molecule has 0 spiro atoms. The van der Waals surface area contributed by atoms with Crippen LogP contribution in [0.15, 0.2) is 48.8 Å². The lowest BCUT2D eigenvalue weighted by Gasteiger charge is -2.27. The molecule has 0 aliphatic carbocycles. The average Bonchev–Trinajstić information content (AvgIpc) is 3.29. The molecule has 2 aliphatic heterocycles. The molecule has 6 rings (SSSR count). The van der Waals surface area contributed by atoms with Crippen molar-refractivity contribution in [2.24, 2.45) is 0 Å². The van der Waals surface area contributed by atoms with Crippen molar-refractivity contribution in [2.75, 3.05) is 38.2 Å². The first-order valence-electron chi connectivity index (χ1n) is 11.9. The smallest absolute Gasteiger partial charge is 0.257 e. The lowest BCUT2D eigenvalue weighted by Crippen LogP contribution is -2.50. The predicted octanol–water partition coefficient (Wildman–Crippen LogP) is 2.28. The highest BCUT2D eigenvalue weighted by molar-refractivity contribution is 6.04.